The van der Waals surface area contributed by atoms with Gasteiger partial charge in [0.1, 0.15) is 11.8 Å². The third kappa shape index (κ3) is 0.954. The third-order valence-corrected chi connectivity index (χ3v) is 3.13. The number of nitrogens with one attached hydrogen (secondary N) is 1. The summed E-state index contributed by atoms with van der Waals surface area (Å²) in [7, 11) is 0. The number of hydrogen-bond acceptors (Lipinski definition) is 4. The van der Waals surface area contributed by atoms with Crippen molar-refractivity contribution in [1.29, 1.82) is 0 Å². The molecular weight excluding hydrogens is 182 g/mol. The summed E-state index contributed by atoms with van der Waals surface area (Å²) in [5.74, 6) is 0. The molecular formula is C9H7N3S. The van der Waals surface area contributed by atoms with Crippen molar-refractivity contribution in [2.45, 2.75) is 0 Å². The molecule has 1 aliphatic rings. The van der Waals surface area contributed by atoms with E-state index in [1.54, 1.807) is 17.7 Å². The van der Waals surface area contributed by atoms with Crippen LogP contribution in [0.4, 0.5) is 5.69 Å². The van der Waals surface area contributed by atoms with Gasteiger partial charge in [0.2, 0.25) is 0 Å². The molecule has 0 spiro atoms. The standard InChI is InChI=1S/C9H7N3S/c1-2-6-8(11-3-1)9-7(13-6)4-10-5-12-9/h1-2,4-5,11H,3H2. The Morgan fingerprint density at radius 2 is 2.46 bits per heavy atom. The molecule has 0 saturated carbocycles. The van der Waals surface area contributed by atoms with Crippen LogP contribution in [0, 0.1) is 0 Å². The first kappa shape index (κ1) is 7.03. The summed E-state index contributed by atoms with van der Waals surface area (Å²) >= 11 is 1.73. The van der Waals surface area contributed by atoms with Crippen molar-refractivity contribution in [3.63, 3.8) is 0 Å². The van der Waals surface area contributed by atoms with Gasteiger partial charge in [-0.15, -0.1) is 11.3 Å². The van der Waals surface area contributed by atoms with E-state index in [0.717, 1.165) is 22.4 Å². The lowest BCUT2D eigenvalue weighted by Crippen LogP contribution is -2.02. The van der Waals surface area contributed by atoms with Crippen molar-refractivity contribution >= 4 is 33.3 Å². The lowest BCUT2D eigenvalue weighted by atomic mass is 10.2. The first-order chi connectivity index (χ1) is 6.45. The average molecular weight is 189 g/mol. The van der Waals surface area contributed by atoms with E-state index in [9.17, 15) is 0 Å². The van der Waals surface area contributed by atoms with Crippen molar-refractivity contribution in [2.75, 3.05) is 11.9 Å². The topological polar surface area (TPSA) is 37.8 Å². The largest absolute Gasteiger partial charge is 0.379 e. The van der Waals surface area contributed by atoms with Gasteiger partial charge >= 0.3 is 0 Å². The van der Waals surface area contributed by atoms with E-state index >= 15 is 0 Å². The Kier molecular flexibility index (Phi) is 1.37. The smallest absolute Gasteiger partial charge is 0.116 e. The number of thiophene rings is 1. The van der Waals surface area contributed by atoms with Gasteiger partial charge in [-0.1, -0.05) is 6.08 Å². The second-order valence-electron chi connectivity index (χ2n) is 2.86. The fourth-order valence-electron chi connectivity index (χ4n) is 1.48. The van der Waals surface area contributed by atoms with E-state index in [-0.39, 0.29) is 0 Å². The normalized spacial score (nSPS) is 14.2. The Hall–Kier alpha value is -1.42. The van der Waals surface area contributed by atoms with E-state index in [0.29, 0.717) is 0 Å². The quantitative estimate of drug-likeness (QED) is 0.690. The Morgan fingerprint density at radius 1 is 1.46 bits per heavy atom. The molecule has 0 radical (unpaired) electrons. The van der Waals surface area contributed by atoms with Crippen LogP contribution in [0.3, 0.4) is 0 Å². The zero-order valence-electron chi connectivity index (χ0n) is 6.82. The van der Waals surface area contributed by atoms with Crippen LogP contribution in [0.25, 0.3) is 16.3 Å². The van der Waals surface area contributed by atoms with Gasteiger partial charge in [-0.05, 0) is 6.08 Å². The van der Waals surface area contributed by atoms with Gasteiger partial charge in [-0.3, -0.25) is 0 Å². The molecule has 0 saturated heterocycles. The minimum Gasteiger partial charge on any atom is -0.379 e. The van der Waals surface area contributed by atoms with Crippen LogP contribution in [-0.4, -0.2) is 16.5 Å². The van der Waals surface area contributed by atoms with E-state index in [2.05, 4.69) is 27.4 Å². The monoisotopic (exact) mass is 189 g/mol. The zero-order chi connectivity index (χ0) is 8.67. The fraction of sp³-hybridized carbons (Fsp3) is 0.111. The van der Waals surface area contributed by atoms with Gasteiger partial charge in [0.05, 0.1) is 15.3 Å². The third-order valence-electron chi connectivity index (χ3n) is 2.05. The predicted octanol–water partition coefficient (Wildman–Crippen LogP) is 2.13. The second kappa shape index (κ2) is 2.53. The lowest BCUT2D eigenvalue weighted by molar-refractivity contribution is 1.22. The highest BCUT2D eigenvalue weighted by Crippen LogP contribution is 2.35. The Morgan fingerprint density at radius 3 is 3.46 bits per heavy atom. The molecule has 2 aromatic heterocycles. The van der Waals surface area contributed by atoms with Crippen molar-refractivity contribution in [3.8, 4) is 0 Å². The van der Waals surface area contributed by atoms with Crippen LogP contribution in [-0.2, 0) is 0 Å². The minimum absolute atomic E-state index is 0.892. The first-order valence-electron chi connectivity index (χ1n) is 4.08. The highest BCUT2D eigenvalue weighted by molar-refractivity contribution is 7.20. The molecule has 1 N–H and O–H groups in total. The van der Waals surface area contributed by atoms with Gasteiger partial charge in [0.15, 0.2) is 0 Å². The Balaban J connectivity index is 2.41. The lowest BCUT2D eigenvalue weighted by Gasteiger charge is -2.06. The van der Waals surface area contributed by atoms with Crippen molar-refractivity contribution in [3.05, 3.63) is 23.5 Å². The second-order valence-corrected chi connectivity index (χ2v) is 3.94. The van der Waals surface area contributed by atoms with Crippen molar-refractivity contribution in [2.24, 2.45) is 0 Å². The Bertz CT molecular complexity index is 487. The first-order valence-corrected chi connectivity index (χ1v) is 4.90. The molecule has 2 aromatic rings. The number of rotatable bonds is 0. The minimum atomic E-state index is 0.892. The number of anilines is 1. The van der Waals surface area contributed by atoms with Crippen LogP contribution in [0.1, 0.15) is 4.88 Å². The molecule has 0 aromatic carbocycles. The summed E-state index contributed by atoms with van der Waals surface area (Å²) in [4.78, 5) is 9.51. The SMILES string of the molecule is C1=Cc2sc3cncnc3c2NC1. The van der Waals surface area contributed by atoms with E-state index in [4.69, 9.17) is 0 Å². The molecule has 3 nitrogen and oxygen atoms in total. The highest BCUT2D eigenvalue weighted by Gasteiger charge is 2.12. The maximum Gasteiger partial charge on any atom is 0.116 e. The maximum absolute atomic E-state index is 4.26. The Labute approximate surface area is 79.1 Å². The molecule has 0 fully saturated rings. The molecule has 64 valence electrons. The molecule has 0 unspecified atom stereocenters. The zero-order valence-corrected chi connectivity index (χ0v) is 7.64. The highest BCUT2D eigenvalue weighted by atomic mass is 32.1. The van der Waals surface area contributed by atoms with E-state index < -0.39 is 0 Å². The summed E-state index contributed by atoms with van der Waals surface area (Å²) in [5, 5.41) is 3.32. The molecule has 0 aliphatic carbocycles. The molecule has 0 bridgehead atoms. The predicted molar refractivity (Wildman–Crippen MR) is 54.9 cm³/mol. The van der Waals surface area contributed by atoms with Crippen LogP contribution in [0.15, 0.2) is 18.6 Å². The van der Waals surface area contributed by atoms with Gasteiger partial charge in [0, 0.05) is 12.7 Å². The summed E-state index contributed by atoms with van der Waals surface area (Å²) in [6, 6.07) is 0. The van der Waals surface area contributed by atoms with Gasteiger partial charge in [-0.25, -0.2) is 9.97 Å². The summed E-state index contributed by atoms with van der Waals surface area (Å²) < 4.78 is 1.14. The maximum atomic E-state index is 4.26. The van der Waals surface area contributed by atoms with Crippen molar-refractivity contribution < 1.29 is 0 Å². The van der Waals surface area contributed by atoms with Crippen molar-refractivity contribution in [1.82, 2.24) is 9.97 Å². The molecule has 3 heterocycles. The molecule has 3 rings (SSSR count). The number of nitrogens with zero attached hydrogens (tertiary/aromatic N) is 2. The summed E-state index contributed by atoms with van der Waals surface area (Å²) in [6.07, 6.45) is 7.71. The average Bonchev–Trinajstić information content (AvgIpc) is 2.56. The summed E-state index contributed by atoms with van der Waals surface area (Å²) in [5.41, 5.74) is 2.20. The van der Waals surface area contributed by atoms with Crippen LogP contribution in [0.2, 0.25) is 0 Å². The number of hydrogen-bond donors (Lipinski definition) is 1. The molecule has 0 atom stereocenters. The molecule has 4 heteroatoms. The molecule has 1 aliphatic heterocycles. The van der Waals surface area contributed by atoms with Gasteiger partial charge < -0.3 is 5.32 Å². The van der Waals surface area contributed by atoms with Crippen LogP contribution in [0.5, 0.6) is 0 Å². The molecule has 13 heavy (non-hydrogen) atoms. The number of aromatic nitrogens is 2. The van der Waals surface area contributed by atoms with Crippen LogP contribution < -0.4 is 5.32 Å². The summed E-state index contributed by atoms with van der Waals surface area (Å²) in [6.45, 7) is 0.892. The van der Waals surface area contributed by atoms with Gasteiger partial charge in [-0.2, -0.15) is 0 Å². The van der Waals surface area contributed by atoms with E-state index in [1.165, 1.54) is 4.88 Å². The fourth-order valence-corrected chi connectivity index (χ4v) is 2.52. The van der Waals surface area contributed by atoms with E-state index in [1.807, 2.05) is 6.20 Å². The molecule has 0 amide bonds. The van der Waals surface area contributed by atoms with Gasteiger partial charge in [0.25, 0.3) is 0 Å². The number of fused-ring (bicyclic) bond motifs is 3. The van der Waals surface area contributed by atoms with Crippen LogP contribution >= 0.6 is 11.3 Å².